The van der Waals surface area contributed by atoms with Crippen LogP contribution in [0.25, 0.3) is 17.3 Å². The Morgan fingerprint density at radius 1 is 1.38 bits per heavy atom. The first kappa shape index (κ1) is 17.8. The van der Waals surface area contributed by atoms with Crippen LogP contribution >= 0.6 is 0 Å². The molecule has 2 aromatic rings. The second kappa shape index (κ2) is 7.91. The van der Waals surface area contributed by atoms with Gasteiger partial charge in [0.2, 0.25) is 0 Å². The van der Waals surface area contributed by atoms with Crippen molar-refractivity contribution in [1.82, 2.24) is 15.5 Å². The highest BCUT2D eigenvalue weighted by Crippen LogP contribution is 2.27. The topological polar surface area (TPSA) is 76.2 Å². The van der Waals surface area contributed by atoms with Gasteiger partial charge in [0, 0.05) is 29.8 Å². The van der Waals surface area contributed by atoms with Crippen LogP contribution in [0.3, 0.4) is 0 Å². The molecule has 0 aliphatic carbocycles. The average Bonchev–Trinajstić information content (AvgIpc) is 2.99. The molecule has 0 spiro atoms. The Balaban J connectivity index is 2.05. The summed E-state index contributed by atoms with van der Waals surface area (Å²) in [5.74, 6) is 0.664. The number of H-pyrrole nitrogens is 1. The van der Waals surface area contributed by atoms with Gasteiger partial charge < -0.3 is 14.8 Å². The van der Waals surface area contributed by atoms with E-state index < -0.39 is 6.09 Å². The molecule has 0 saturated carbocycles. The molecule has 1 atom stereocenters. The molecule has 6 nitrogen and oxygen atoms in total. The summed E-state index contributed by atoms with van der Waals surface area (Å²) in [5, 5.41) is 10.2. The number of amides is 1. The van der Waals surface area contributed by atoms with Crippen molar-refractivity contribution in [2.24, 2.45) is 0 Å². The van der Waals surface area contributed by atoms with Gasteiger partial charge in [0.05, 0.1) is 11.8 Å². The van der Waals surface area contributed by atoms with Gasteiger partial charge >= 0.3 is 6.09 Å². The summed E-state index contributed by atoms with van der Waals surface area (Å²) in [6, 6.07) is 7.79. The molecule has 2 bridgehead atoms. The molecule has 1 aliphatic heterocycles. The van der Waals surface area contributed by atoms with E-state index in [2.05, 4.69) is 22.1 Å². The lowest BCUT2D eigenvalue weighted by Gasteiger charge is -2.16. The third-order valence-corrected chi connectivity index (χ3v) is 4.21. The number of carbonyl (C=O) groups excluding carboxylic acids is 1. The molecule has 2 N–H and O–H groups in total. The second-order valence-electron chi connectivity index (χ2n) is 6.28. The quantitative estimate of drug-likeness (QED) is 0.814. The van der Waals surface area contributed by atoms with E-state index in [0.29, 0.717) is 18.7 Å². The molecule has 1 aliphatic rings. The van der Waals surface area contributed by atoms with Gasteiger partial charge in [0.1, 0.15) is 12.4 Å². The first-order valence-corrected chi connectivity index (χ1v) is 8.62. The molecular formula is C20H23N3O3. The Morgan fingerprint density at radius 3 is 3.04 bits per heavy atom. The fourth-order valence-corrected chi connectivity index (χ4v) is 2.79. The van der Waals surface area contributed by atoms with Crippen molar-refractivity contribution < 1.29 is 14.3 Å². The molecular weight excluding hydrogens is 330 g/mol. The largest absolute Gasteiger partial charge is 0.491 e. The lowest BCUT2D eigenvalue weighted by Crippen LogP contribution is -2.27. The van der Waals surface area contributed by atoms with Crippen LogP contribution in [0.2, 0.25) is 0 Å². The van der Waals surface area contributed by atoms with Gasteiger partial charge in [-0.25, -0.2) is 4.79 Å². The van der Waals surface area contributed by atoms with Crippen molar-refractivity contribution in [3.8, 4) is 11.3 Å². The predicted molar refractivity (Wildman–Crippen MR) is 100 cm³/mol. The number of aromatic amines is 1. The molecule has 2 heterocycles. The molecule has 1 amide bonds. The second-order valence-corrected chi connectivity index (χ2v) is 6.28. The van der Waals surface area contributed by atoms with Crippen LogP contribution in [0.1, 0.15) is 30.2 Å². The summed E-state index contributed by atoms with van der Waals surface area (Å²) < 4.78 is 11.2. The minimum atomic E-state index is -0.437. The van der Waals surface area contributed by atoms with Gasteiger partial charge in [-0.15, -0.1) is 0 Å². The molecule has 1 aromatic heterocycles. The van der Waals surface area contributed by atoms with E-state index in [1.807, 2.05) is 44.2 Å². The summed E-state index contributed by atoms with van der Waals surface area (Å²) in [6.07, 6.45) is 3.77. The smallest absolute Gasteiger partial charge is 0.407 e. The van der Waals surface area contributed by atoms with Gasteiger partial charge in [-0.1, -0.05) is 24.8 Å². The van der Waals surface area contributed by atoms with Crippen molar-refractivity contribution in [2.75, 3.05) is 6.54 Å². The number of aryl methyl sites for hydroxylation is 1. The third kappa shape index (κ3) is 4.14. The van der Waals surface area contributed by atoms with Crippen LogP contribution in [0.15, 0.2) is 42.7 Å². The average molecular weight is 353 g/mol. The van der Waals surface area contributed by atoms with Crippen LogP contribution < -0.4 is 5.32 Å². The Kier molecular flexibility index (Phi) is 5.41. The number of aromatic nitrogens is 2. The van der Waals surface area contributed by atoms with Gasteiger partial charge in [-0.2, -0.15) is 5.10 Å². The predicted octanol–water partition coefficient (Wildman–Crippen LogP) is 3.95. The van der Waals surface area contributed by atoms with E-state index in [4.69, 9.17) is 9.47 Å². The lowest BCUT2D eigenvalue weighted by molar-refractivity contribution is 0.125. The first-order chi connectivity index (χ1) is 12.6. The number of ether oxygens (including phenoxy) is 2. The number of rotatable bonds is 1. The number of fused-ring (bicyclic) bond motifs is 4. The van der Waals surface area contributed by atoms with Gasteiger partial charge in [0.15, 0.2) is 0 Å². The summed E-state index contributed by atoms with van der Waals surface area (Å²) in [4.78, 5) is 11.8. The number of cyclic esters (lactones) is 1. The van der Waals surface area contributed by atoms with E-state index in [-0.39, 0.29) is 12.7 Å². The van der Waals surface area contributed by atoms with Crippen molar-refractivity contribution in [3.05, 3.63) is 59.5 Å². The summed E-state index contributed by atoms with van der Waals surface area (Å²) >= 11 is 0. The monoisotopic (exact) mass is 353 g/mol. The number of alkyl carbamates (subject to hydrolysis) is 1. The number of hydrogen-bond acceptors (Lipinski definition) is 4. The van der Waals surface area contributed by atoms with E-state index in [9.17, 15) is 4.79 Å². The molecule has 26 heavy (non-hydrogen) atoms. The van der Waals surface area contributed by atoms with Crippen LogP contribution in [-0.4, -0.2) is 28.9 Å². The highest BCUT2D eigenvalue weighted by Gasteiger charge is 2.14. The molecule has 0 fully saturated rings. The Hall–Kier alpha value is -3.02. The maximum absolute atomic E-state index is 11.8. The van der Waals surface area contributed by atoms with Crippen molar-refractivity contribution >= 4 is 12.2 Å². The summed E-state index contributed by atoms with van der Waals surface area (Å²) in [5.41, 5.74) is 4.55. The van der Waals surface area contributed by atoms with Gasteiger partial charge in [-0.05, 0) is 37.6 Å². The molecule has 3 rings (SSSR count). The number of benzene rings is 1. The molecule has 1 aromatic carbocycles. The Morgan fingerprint density at radius 2 is 2.23 bits per heavy atom. The van der Waals surface area contributed by atoms with Crippen LogP contribution in [0.5, 0.6) is 0 Å². The molecule has 0 radical (unpaired) electrons. The van der Waals surface area contributed by atoms with Crippen LogP contribution in [0.4, 0.5) is 4.79 Å². The highest BCUT2D eigenvalue weighted by atomic mass is 16.5. The van der Waals surface area contributed by atoms with Gasteiger partial charge in [0.25, 0.3) is 0 Å². The molecule has 0 saturated heterocycles. The van der Waals surface area contributed by atoms with Crippen molar-refractivity contribution in [3.63, 3.8) is 0 Å². The van der Waals surface area contributed by atoms with E-state index in [1.165, 1.54) is 0 Å². The van der Waals surface area contributed by atoms with Crippen LogP contribution in [-0.2, 0) is 16.1 Å². The fraction of sp³-hybridized carbons (Fsp3) is 0.300. The summed E-state index contributed by atoms with van der Waals surface area (Å²) in [7, 11) is 0. The maximum Gasteiger partial charge on any atom is 0.407 e. The zero-order chi connectivity index (χ0) is 18.5. The fourth-order valence-electron chi connectivity index (χ4n) is 2.79. The van der Waals surface area contributed by atoms with Crippen molar-refractivity contribution in [1.29, 1.82) is 0 Å². The lowest BCUT2D eigenvalue weighted by atomic mass is 10.0. The first-order valence-electron chi connectivity index (χ1n) is 8.62. The zero-order valence-electron chi connectivity index (χ0n) is 15.0. The highest BCUT2D eigenvalue weighted by molar-refractivity contribution is 5.75. The van der Waals surface area contributed by atoms with E-state index in [1.54, 1.807) is 6.08 Å². The maximum atomic E-state index is 11.8. The minimum Gasteiger partial charge on any atom is -0.491 e. The number of allylic oxidation sites excluding steroid dienone is 1. The number of carbonyl (C=O) groups is 1. The standard InChI is InChI=1S/C20H23N3O3/c1-4-17-11-18-14(3)22-23-19(18)16-7-5-6-15(10-16)12-25-20(24)21-9-8-13(2)26-17/h4-7,10-11,13H,1,8-9,12H2,2-3H3,(H,21,24)(H,22,23)/b17-11+. The number of hydrogen-bond donors (Lipinski definition) is 2. The number of nitrogens with one attached hydrogen (secondary N) is 2. The Labute approximate surface area is 152 Å². The molecule has 1 unspecified atom stereocenters. The molecule has 136 valence electrons. The minimum absolute atomic E-state index is 0.0821. The third-order valence-electron chi connectivity index (χ3n) is 4.21. The van der Waals surface area contributed by atoms with E-state index in [0.717, 1.165) is 28.1 Å². The van der Waals surface area contributed by atoms with Crippen LogP contribution in [0, 0.1) is 6.92 Å². The van der Waals surface area contributed by atoms with E-state index >= 15 is 0 Å². The summed E-state index contributed by atoms with van der Waals surface area (Å²) in [6.45, 7) is 8.45. The Bertz CT molecular complexity index is 839. The SMILES string of the molecule is C=C/C1=C\c2c(n[nH]c2C)-c2cccc(c2)COC(=O)NCCC(C)O1. The number of nitrogens with zero attached hydrogens (tertiary/aromatic N) is 1. The normalized spacial score (nSPS) is 20.2. The molecule has 6 heteroatoms. The van der Waals surface area contributed by atoms with Gasteiger partial charge in [-0.3, -0.25) is 5.10 Å². The van der Waals surface area contributed by atoms with Crippen molar-refractivity contribution in [2.45, 2.75) is 33.0 Å². The zero-order valence-corrected chi connectivity index (χ0v) is 15.0.